The summed E-state index contributed by atoms with van der Waals surface area (Å²) in [5.41, 5.74) is 0. The number of phosphoric ester groups is 1. The summed E-state index contributed by atoms with van der Waals surface area (Å²) in [5, 5.41) is 0. The topological polar surface area (TPSA) is 94.1 Å². The number of likely N-dealkylation sites (N-methyl/N-ethyl adjacent to an activating group) is 1. The molecule has 0 heterocycles. The predicted molar refractivity (Wildman–Crippen MR) is 245 cm³/mol. The number of quaternary nitrogens is 1. The summed E-state index contributed by atoms with van der Waals surface area (Å²) in [7, 11) is 1.36. The maximum atomic E-state index is 12.6. The van der Waals surface area contributed by atoms with Crippen LogP contribution in [0.2, 0.25) is 0 Å². The van der Waals surface area contributed by atoms with E-state index in [9.17, 15) is 14.3 Å². The summed E-state index contributed by atoms with van der Waals surface area (Å²) in [6, 6.07) is 0. The molecule has 0 amide bonds. The van der Waals surface area contributed by atoms with Crippen molar-refractivity contribution in [3.8, 4) is 0 Å². The summed E-state index contributed by atoms with van der Waals surface area (Å²) in [6.45, 7) is 5.39. The van der Waals surface area contributed by atoms with Crippen LogP contribution in [0.25, 0.3) is 0 Å². The summed E-state index contributed by atoms with van der Waals surface area (Å²) >= 11 is 0. The lowest BCUT2D eigenvalue weighted by atomic mass is 10.0. The Morgan fingerprint density at radius 1 is 0.517 bits per heavy atom. The van der Waals surface area contributed by atoms with Crippen LogP contribution in [-0.2, 0) is 27.9 Å². The van der Waals surface area contributed by atoms with E-state index in [0.717, 1.165) is 51.4 Å². The number of hydrogen-bond donors (Lipinski definition) is 0. The molecule has 9 heteroatoms. The molecule has 0 aliphatic carbocycles. The summed E-state index contributed by atoms with van der Waals surface area (Å²) in [4.78, 5) is 25.0. The first-order valence-corrected chi connectivity index (χ1v) is 26.4. The maximum absolute atomic E-state index is 12.6. The van der Waals surface area contributed by atoms with Crippen LogP contribution in [0.5, 0.6) is 0 Å². The van der Waals surface area contributed by atoms with Gasteiger partial charge in [0.05, 0.1) is 34.4 Å². The lowest BCUT2D eigenvalue weighted by Crippen LogP contribution is -2.37. The van der Waals surface area contributed by atoms with Crippen LogP contribution in [0.15, 0.2) is 12.2 Å². The Morgan fingerprint density at radius 2 is 0.931 bits per heavy atom. The molecule has 0 aliphatic rings. The van der Waals surface area contributed by atoms with Crippen LogP contribution in [0.1, 0.15) is 239 Å². The first kappa shape index (κ1) is 57.2. The Hall–Kier alpha value is -0.760. The van der Waals surface area contributed by atoms with E-state index in [1.807, 2.05) is 21.1 Å². The number of ether oxygens (including phenoxy) is 2. The minimum Gasteiger partial charge on any atom is -0.756 e. The van der Waals surface area contributed by atoms with E-state index in [1.165, 1.54) is 167 Å². The van der Waals surface area contributed by atoms with E-state index in [2.05, 4.69) is 26.0 Å². The summed E-state index contributed by atoms with van der Waals surface area (Å²) in [6.07, 6.45) is 48.3. The fraction of sp³-hybridized carbons (Fsp3) is 0.939. The first-order chi connectivity index (χ1) is 28.1. The number of phosphoric acid groups is 1. The molecule has 0 aromatic rings. The number of esters is 1. The third-order valence-corrected chi connectivity index (χ3v) is 12.0. The zero-order valence-corrected chi connectivity index (χ0v) is 40.2. The molecule has 0 aliphatic heterocycles. The second kappa shape index (κ2) is 42.9. The van der Waals surface area contributed by atoms with Crippen molar-refractivity contribution in [1.82, 2.24) is 0 Å². The molecular weight excluding hydrogens is 746 g/mol. The van der Waals surface area contributed by atoms with Gasteiger partial charge in [0.2, 0.25) is 0 Å². The van der Waals surface area contributed by atoms with Crippen molar-refractivity contribution in [1.29, 1.82) is 0 Å². The van der Waals surface area contributed by atoms with Crippen molar-refractivity contribution in [3.63, 3.8) is 0 Å². The zero-order valence-electron chi connectivity index (χ0n) is 39.3. The number of rotatable bonds is 47. The molecule has 0 spiro atoms. The van der Waals surface area contributed by atoms with E-state index in [4.69, 9.17) is 18.5 Å². The van der Waals surface area contributed by atoms with Gasteiger partial charge in [0, 0.05) is 13.0 Å². The highest BCUT2D eigenvalue weighted by Crippen LogP contribution is 2.38. The summed E-state index contributed by atoms with van der Waals surface area (Å²) < 4.78 is 34.6. The number of nitrogens with zero attached hydrogens (tertiary/aromatic N) is 1. The van der Waals surface area contributed by atoms with Crippen molar-refractivity contribution in [2.75, 3.05) is 54.1 Å². The average Bonchev–Trinajstić information content (AvgIpc) is 3.18. The van der Waals surface area contributed by atoms with Gasteiger partial charge in [-0.25, -0.2) is 0 Å². The van der Waals surface area contributed by atoms with Gasteiger partial charge < -0.3 is 27.9 Å². The Balaban J connectivity index is 3.94. The Morgan fingerprint density at radius 3 is 1.38 bits per heavy atom. The quantitative estimate of drug-likeness (QED) is 0.0198. The van der Waals surface area contributed by atoms with Gasteiger partial charge in [-0.2, -0.15) is 0 Å². The van der Waals surface area contributed by atoms with Gasteiger partial charge in [0.25, 0.3) is 7.82 Å². The average molecular weight is 844 g/mol. The van der Waals surface area contributed by atoms with Gasteiger partial charge in [0.1, 0.15) is 19.3 Å². The van der Waals surface area contributed by atoms with Gasteiger partial charge in [-0.1, -0.05) is 212 Å². The third kappa shape index (κ3) is 46.3. The first-order valence-electron chi connectivity index (χ1n) is 24.9. The zero-order chi connectivity index (χ0) is 42.7. The van der Waals surface area contributed by atoms with Crippen LogP contribution in [0.4, 0.5) is 0 Å². The molecule has 0 fully saturated rings. The van der Waals surface area contributed by atoms with Crippen molar-refractivity contribution in [3.05, 3.63) is 12.2 Å². The highest BCUT2D eigenvalue weighted by molar-refractivity contribution is 7.45. The molecule has 0 aromatic heterocycles. The van der Waals surface area contributed by atoms with Gasteiger partial charge in [-0.3, -0.25) is 9.36 Å². The van der Waals surface area contributed by atoms with Crippen molar-refractivity contribution < 1.29 is 37.3 Å². The second-order valence-corrected chi connectivity index (χ2v) is 19.6. The lowest BCUT2D eigenvalue weighted by molar-refractivity contribution is -0.870. The number of carbonyl (C=O) groups is 1. The standard InChI is InChI=1S/C49H98NO7P/c1-6-8-10-12-14-16-18-19-20-21-22-23-24-25-26-27-28-29-30-31-32-33-35-37-39-41-44-54-46-48(47-56-58(52,53)55-45-43-50(3,4)5)57-49(51)42-40-38-36-34-17-15-13-11-9-7-2/h11,13,48H,6-10,12,14-47H2,1-5H3/b13-11-. The Kier molecular flexibility index (Phi) is 42.3. The molecule has 0 radical (unpaired) electrons. The molecule has 0 aromatic carbocycles. The highest BCUT2D eigenvalue weighted by Gasteiger charge is 2.20. The molecule has 2 atom stereocenters. The van der Waals surface area contributed by atoms with E-state index in [0.29, 0.717) is 24.1 Å². The Labute approximate surface area is 360 Å². The van der Waals surface area contributed by atoms with Gasteiger partial charge in [-0.15, -0.1) is 0 Å². The fourth-order valence-corrected chi connectivity index (χ4v) is 7.93. The molecule has 0 N–H and O–H groups in total. The minimum absolute atomic E-state index is 0.0276. The van der Waals surface area contributed by atoms with E-state index >= 15 is 0 Å². The maximum Gasteiger partial charge on any atom is 0.306 e. The normalized spacial score (nSPS) is 13.7. The monoisotopic (exact) mass is 844 g/mol. The van der Waals surface area contributed by atoms with Crippen molar-refractivity contribution >= 4 is 13.8 Å². The lowest BCUT2D eigenvalue weighted by Gasteiger charge is -2.28. The van der Waals surface area contributed by atoms with Crippen LogP contribution < -0.4 is 4.89 Å². The second-order valence-electron chi connectivity index (χ2n) is 18.2. The molecule has 0 saturated heterocycles. The molecular formula is C49H98NO7P. The smallest absolute Gasteiger partial charge is 0.306 e. The molecule has 8 nitrogen and oxygen atoms in total. The number of unbranched alkanes of at least 4 members (excludes halogenated alkanes) is 31. The largest absolute Gasteiger partial charge is 0.756 e. The molecule has 0 rings (SSSR count). The molecule has 346 valence electrons. The summed E-state index contributed by atoms with van der Waals surface area (Å²) in [5.74, 6) is -0.341. The Bertz CT molecular complexity index is 940. The van der Waals surface area contributed by atoms with Crippen LogP contribution in [0, 0.1) is 0 Å². The number of hydrogen-bond acceptors (Lipinski definition) is 7. The van der Waals surface area contributed by atoms with E-state index in [1.54, 1.807) is 0 Å². The number of carbonyl (C=O) groups excluding carboxylic acids is 1. The molecule has 0 saturated carbocycles. The molecule has 58 heavy (non-hydrogen) atoms. The van der Waals surface area contributed by atoms with E-state index < -0.39 is 13.9 Å². The number of allylic oxidation sites excluding steroid dienone is 2. The fourth-order valence-electron chi connectivity index (χ4n) is 7.20. The van der Waals surface area contributed by atoms with Gasteiger partial charge >= 0.3 is 5.97 Å². The highest BCUT2D eigenvalue weighted by atomic mass is 31.2. The molecule has 2 unspecified atom stereocenters. The van der Waals surface area contributed by atoms with Crippen molar-refractivity contribution in [2.45, 2.75) is 245 Å². The van der Waals surface area contributed by atoms with Crippen LogP contribution >= 0.6 is 7.82 Å². The van der Waals surface area contributed by atoms with Crippen LogP contribution in [0.3, 0.4) is 0 Å². The minimum atomic E-state index is -4.52. The predicted octanol–water partition coefficient (Wildman–Crippen LogP) is 14.4. The van der Waals surface area contributed by atoms with Gasteiger partial charge in [-0.05, 0) is 32.1 Å². The SMILES string of the molecule is CCC/C=C\CCCCCCCC(=O)OC(COCCCCCCCCCCCCCCCCCCCCCCCCCCCC)COP(=O)([O-])OCC[N+](C)(C)C. The molecule has 0 bridgehead atoms. The van der Waals surface area contributed by atoms with Crippen molar-refractivity contribution in [2.24, 2.45) is 0 Å². The third-order valence-electron chi connectivity index (χ3n) is 11.0. The van der Waals surface area contributed by atoms with Gasteiger partial charge in [0.15, 0.2) is 0 Å². The van der Waals surface area contributed by atoms with E-state index in [-0.39, 0.29) is 25.8 Å². The van der Waals surface area contributed by atoms with Crippen LogP contribution in [-0.4, -0.2) is 70.7 Å².